The number of carbonyl (C=O) groups is 1. The summed E-state index contributed by atoms with van der Waals surface area (Å²) in [5, 5.41) is 8.41. The molecule has 1 N–H and O–H groups in total. The van der Waals surface area contributed by atoms with Crippen molar-refractivity contribution in [3.05, 3.63) is 0 Å². The SMILES string of the molecule is CC(=O)OC(CC#N)CCP(C)(=O)O. The predicted octanol–water partition coefficient (Wildman–Crippen LogP) is 1.12. The highest BCUT2D eigenvalue weighted by Crippen LogP contribution is 2.36. The van der Waals surface area contributed by atoms with Crippen LogP contribution in [-0.2, 0) is 14.1 Å². The highest BCUT2D eigenvalue weighted by atomic mass is 31.2. The second kappa shape index (κ2) is 5.79. The second-order valence-electron chi connectivity index (χ2n) is 3.16. The van der Waals surface area contributed by atoms with E-state index in [2.05, 4.69) is 0 Å². The molecular formula is C8H14NO4P. The number of nitrogens with zero attached hydrogens (tertiary/aromatic N) is 1. The molecule has 0 bridgehead atoms. The van der Waals surface area contributed by atoms with E-state index in [9.17, 15) is 9.36 Å². The van der Waals surface area contributed by atoms with Gasteiger partial charge in [0.2, 0.25) is 0 Å². The molecule has 0 radical (unpaired) electrons. The van der Waals surface area contributed by atoms with Gasteiger partial charge in [-0.3, -0.25) is 9.36 Å². The van der Waals surface area contributed by atoms with Crippen LogP contribution >= 0.6 is 7.37 Å². The van der Waals surface area contributed by atoms with Gasteiger partial charge >= 0.3 is 5.97 Å². The minimum absolute atomic E-state index is 0.0551. The van der Waals surface area contributed by atoms with E-state index >= 15 is 0 Å². The van der Waals surface area contributed by atoms with Gasteiger partial charge in [0.05, 0.1) is 12.5 Å². The molecule has 6 heteroatoms. The average Bonchev–Trinajstić information content (AvgIpc) is 1.98. The van der Waals surface area contributed by atoms with Crippen molar-refractivity contribution in [2.45, 2.75) is 25.9 Å². The van der Waals surface area contributed by atoms with E-state index in [-0.39, 0.29) is 19.0 Å². The molecule has 0 aliphatic carbocycles. The first-order valence-corrected chi connectivity index (χ1v) is 6.48. The molecule has 0 saturated carbocycles. The van der Waals surface area contributed by atoms with Gasteiger partial charge in [0.25, 0.3) is 0 Å². The summed E-state index contributed by atoms with van der Waals surface area (Å²) in [6, 6.07) is 1.86. The minimum Gasteiger partial charge on any atom is -0.461 e. The quantitative estimate of drug-likeness (QED) is 0.553. The third-order valence-corrected chi connectivity index (χ3v) is 2.61. The van der Waals surface area contributed by atoms with E-state index in [1.54, 1.807) is 0 Å². The topological polar surface area (TPSA) is 87.4 Å². The lowest BCUT2D eigenvalue weighted by atomic mass is 10.2. The highest BCUT2D eigenvalue weighted by Gasteiger charge is 2.17. The van der Waals surface area contributed by atoms with Crippen LogP contribution in [0.4, 0.5) is 0 Å². The molecule has 0 aliphatic rings. The Morgan fingerprint density at radius 1 is 1.71 bits per heavy atom. The summed E-state index contributed by atoms with van der Waals surface area (Å²) in [7, 11) is -3.09. The van der Waals surface area contributed by atoms with Crippen LogP contribution in [0.5, 0.6) is 0 Å². The Morgan fingerprint density at radius 2 is 2.29 bits per heavy atom. The Hall–Kier alpha value is -0.850. The van der Waals surface area contributed by atoms with Crippen molar-refractivity contribution in [1.29, 1.82) is 5.26 Å². The van der Waals surface area contributed by atoms with Gasteiger partial charge in [0.1, 0.15) is 6.10 Å². The number of rotatable bonds is 5. The molecule has 0 aromatic carbocycles. The molecule has 0 aromatic rings. The zero-order chi connectivity index (χ0) is 11.2. The summed E-state index contributed by atoms with van der Waals surface area (Å²) in [6.45, 7) is 2.49. The fourth-order valence-corrected chi connectivity index (χ4v) is 1.69. The normalized spacial score (nSPS) is 16.4. The van der Waals surface area contributed by atoms with Crippen LogP contribution < -0.4 is 0 Å². The summed E-state index contributed by atoms with van der Waals surface area (Å²) in [6.07, 6.45) is -0.207. The van der Waals surface area contributed by atoms with Crippen LogP contribution in [0.25, 0.3) is 0 Å². The second-order valence-corrected chi connectivity index (χ2v) is 5.71. The van der Waals surface area contributed by atoms with Crippen molar-refractivity contribution in [3.63, 3.8) is 0 Å². The van der Waals surface area contributed by atoms with E-state index in [4.69, 9.17) is 14.9 Å². The standard InChI is InChI=1S/C8H14NO4P/c1-7(10)13-8(3-5-9)4-6-14(2,11)12/h8H,3-4,6H2,1-2H3,(H,11,12). The van der Waals surface area contributed by atoms with E-state index in [1.165, 1.54) is 13.6 Å². The van der Waals surface area contributed by atoms with Crippen LogP contribution in [0.1, 0.15) is 19.8 Å². The summed E-state index contributed by atoms with van der Waals surface area (Å²) in [4.78, 5) is 19.6. The molecule has 80 valence electrons. The summed E-state index contributed by atoms with van der Waals surface area (Å²) in [5.41, 5.74) is 0. The van der Waals surface area contributed by atoms with Crippen LogP contribution in [0.15, 0.2) is 0 Å². The molecule has 0 rings (SSSR count). The van der Waals surface area contributed by atoms with Gasteiger partial charge in [-0.25, -0.2) is 0 Å². The predicted molar refractivity (Wildman–Crippen MR) is 51.0 cm³/mol. The van der Waals surface area contributed by atoms with Gasteiger partial charge in [-0.2, -0.15) is 5.26 Å². The van der Waals surface area contributed by atoms with Crippen molar-refractivity contribution < 1.29 is 19.0 Å². The fourth-order valence-electron chi connectivity index (χ4n) is 0.923. The Balaban J connectivity index is 4.05. The first kappa shape index (κ1) is 13.2. The molecular weight excluding hydrogens is 205 g/mol. The van der Waals surface area contributed by atoms with Gasteiger partial charge in [-0.15, -0.1) is 0 Å². The summed E-state index contributed by atoms with van der Waals surface area (Å²) >= 11 is 0. The lowest BCUT2D eigenvalue weighted by Crippen LogP contribution is -2.17. The number of nitriles is 1. The van der Waals surface area contributed by atoms with Gasteiger partial charge < -0.3 is 9.63 Å². The largest absolute Gasteiger partial charge is 0.461 e. The minimum atomic E-state index is -3.09. The molecule has 0 amide bonds. The maximum absolute atomic E-state index is 10.9. The lowest BCUT2D eigenvalue weighted by Gasteiger charge is -2.14. The van der Waals surface area contributed by atoms with Crippen LogP contribution in [-0.4, -0.2) is 29.8 Å². The molecule has 0 aromatic heterocycles. The van der Waals surface area contributed by atoms with Gasteiger partial charge in [0, 0.05) is 19.8 Å². The number of esters is 1. The molecule has 0 spiro atoms. The molecule has 0 fully saturated rings. The third-order valence-electron chi connectivity index (χ3n) is 1.52. The Kier molecular flexibility index (Phi) is 5.44. The molecule has 2 unspecified atom stereocenters. The fraction of sp³-hybridized carbons (Fsp3) is 0.750. The highest BCUT2D eigenvalue weighted by molar-refractivity contribution is 7.57. The van der Waals surface area contributed by atoms with E-state index < -0.39 is 19.4 Å². The van der Waals surface area contributed by atoms with Crippen LogP contribution in [0.2, 0.25) is 0 Å². The maximum Gasteiger partial charge on any atom is 0.302 e. The zero-order valence-electron chi connectivity index (χ0n) is 8.27. The van der Waals surface area contributed by atoms with Gasteiger partial charge in [-0.1, -0.05) is 0 Å². The zero-order valence-corrected chi connectivity index (χ0v) is 9.16. The Labute approximate surface area is 83.1 Å². The Bertz CT molecular complexity index is 278. The van der Waals surface area contributed by atoms with E-state index in [0.717, 1.165) is 0 Å². The smallest absolute Gasteiger partial charge is 0.302 e. The molecule has 5 nitrogen and oxygen atoms in total. The number of hydrogen-bond donors (Lipinski definition) is 1. The maximum atomic E-state index is 10.9. The molecule has 0 aliphatic heterocycles. The van der Waals surface area contributed by atoms with Crippen molar-refractivity contribution >= 4 is 13.3 Å². The molecule has 0 heterocycles. The third kappa shape index (κ3) is 7.78. The number of carbonyl (C=O) groups excluding carboxylic acids is 1. The van der Waals surface area contributed by atoms with Crippen LogP contribution in [0, 0.1) is 11.3 Å². The van der Waals surface area contributed by atoms with Gasteiger partial charge in [-0.05, 0) is 6.42 Å². The van der Waals surface area contributed by atoms with Crippen LogP contribution in [0.3, 0.4) is 0 Å². The van der Waals surface area contributed by atoms with Crippen molar-refractivity contribution in [3.8, 4) is 6.07 Å². The number of ether oxygens (including phenoxy) is 1. The first-order valence-electron chi connectivity index (χ1n) is 4.18. The monoisotopic (exact) mass is 219 g/mol. The molecule has 2 atom stereocenters. The lowest BCUT2D eigenvalue weighted by molar-refractivity contribution is -0.146. The molecule has 14 heavy (non-hydrogen) atoms. The summed E-state index contributed by atoms with van der Waals surface area (Å²) < 4.78 is 15.7. The van der Waals surface area contributed by atoms with E-state index in [0.29, 0.717) is 0 Å². The first-order chi connectivity index (χ1) is 6.35. The van der Waals surface area contributed by atoms with Crippen molar-refractivity contribution in [2.24, 2.45) is 0 Å². The number of hydrogen-bond acceptors (Lipinski definition) is 4. The van der Waals surface area contributed by atoms with Crippen molar-refractivity contribution in [1.82, 2.24) is 0 Å². The van der Waals surface area contributed by atoms with E-state index in [1.807, 2.05) is 6.07 Å². The van der Waals surface area contributed by atoms with Gasteiger partial charge in [0.15, 0.2) is 7.37 Å². The summed E-state index contributed by atoms with van der Waals surface area (Å²) in [5.74, 6) is -0.478. The molecule has 0 saturated heterocycles. The Morgan fingerprint density at radius 3 is 2.64 bits per heavy atom. The average molecular weight is 219 g/mol. The van der Waals surface area contributed by atoms with Crippen molar-refractivity contribution in [2.75, 3.05) is 12.8 Å².